The van der Waals surface area contributed by atoms with Gasteiger partial charge >= 0.3 is 6.09 Å². The van der Waals surface area contributed by atoms with Crippen molar-refractivity contribution in [2.24, 2.45) is 0 Å². The summed E-state index contributed by atoms with van der Waals surface area (Å²) in [5, 5.41) is 5.30. The fraction of sp³-hybridized carbons (Fsp3) is 0.440. The summed E-state index contributed by atoms with van der Waals surface area (Å²) >= 11 is 0. The molecule has 2 fully saturated rings. The van der Waals surface area contributed by atoms with Crippen LogP contribution in [0.1, 0.15) is 35.4 Å². The van der Waals surface area contributed by atoms with Crippen molar-refractivity contribution in [3.63, 3.8) is 0 Å². The molecule has 0 spiro atoms. The minimum atomic E-state index is -3.13. The van der Waals surface area contributed by atoms with E-state index in [2.05, 4.69) is 5.10 Å². The van der Waals surface area contributed by atoms with Gasteiger partial charge in [0.05, 0.1) is 46.5 Å². The predicted molar refractivity (Wildman–Crippen MR) is 135 cm³/mol. The lowest BCUT2D eigenvalue weighted by molar-refractivity contribution is 0.0572. The normalized spacial score (nSPS) is 19.6. The summed E-state index contributed by atoms with van der Waals surface area (Å²) in [7, 11) is -3.13. The van der Waals surface area contributed by atoms with Crippen LogP contribution in [0, 0.1) is 6.92 Å². The molecule has 190 valence electrons. The van der Waals surface area contributed by atoms with Gasteiger partial charge in [0.2, 0.25) is 0 Å². The van der Waals surface area contributed by atoms with Crippen molar-refractivity contribution in [2.45, 2.75) is 26.3 Å². The van der Waals surface area contributed by atoms with Gasteiger partial charge in [-0.05, 0) is 26.3 Å². The minimum absolute atomic E-state index is 0.0135. The van der Waals surface area contributed by atoms with E-state index in [0.717, 1.165) is 5.56 Å². The lowest BCUT2D eigenvalue weighted by Crippen LogP contribution is -2.50. The van der Waals surface area contributed by atoms with Crippen LogP contribution in [-0.2, 0) is 14.6 Å². The third-order valence-corrected chi connectivity index (χ3v) is 8.53. The van der Waals surface area contributed by atoms with Crippen LogP contribution < -0.4 is 0 Å². The number of ether oxygens (including phenoxy) is 1. The van der Waals surface area contributed by atoms with E-state index in [1.165, 1.54) is 0 Å². The second-order valence-corrected chi connectivity index (χ2v) is 11.4. The first-order chi connectivity index (χ1) is 17.3. The standard InChI is InChI=1S/C25H29N5O5S/c1-3-35-25(32)29-12-10-28(11-13-29)24(31)20-15-21(18-7-5-4-6-8-18)26-23-22(20)17(2)27-30(23)19-9-14-36(33,34)16-19/h4-8,15,19H,3,9-14,16H2,1-2H3. The number of benzene rings is 1. The number of carbonyl (C=O) groups is 2. The molecule has 1 atom stereocenters. The molecular formula is C25H29N5O5S. The molecule has 1 aromatic carbocycles. The minimum Gasteiger partial charge on any atom is -0.450 e. The van der Waals surface area contributed by atoms with Crippen LogP contribution >= 0.6 is 0 Å². The number of aryl methyl sites for hydroxylation is 1. The Morgan fingerprint density at radius 2 is 1.78 bits per heavy atom. The van der Waals surface area contributed by atoms with Crippen molar-refractivity contribution in [1.82, 2.24) is 24.6 Å². The molecule has 0 radical (unpaired) electrons. The first-order valence-electron chi connectivity index (χ1n) is 12.1. The first kappa shape index (κ1) is 24.2. The van der Waals surface area contributed by atoms with E-state index >= 15 is 0 Å². The highest BCUT2D eigenvalue weighted by Crippen LogP contribution is 2.32. The van der Waals surface area contributed by atoms with Gasteiger partial charge in [-0.25, -0.2) is 22.9 Å². The molecule has 2 saturated heterocycles. The summed E-state index contributed by atoms with van der Waals surface area (Å²) in [5.74, 6) is -0.0308. The summed E-state index contributed by atoms with van der Waals surface area (Å²) in [5.41, 5.74) is 3.11. The number of rotatable bonds is 4. The van der Waals surface area contributed by atoms with E-state index in [-0.39, 0.29) is 29.5 Å². The number of sulfone groups is 1. The zero-order valence-electron chi connectivity index (χ0n) is 20.4. The molecule has 2 aliphatic rings. The molecular weight excluding hydrogens is 482 g/mol. The molecule has 3 aromatic rings. The zero-order chi connectivity index (χ0) is 25.4. The van der Waals surface area contributed by atoms with Gasteiger partial charge in [-0.3, -0.25) is 4.79 Å². The number of aromatic nitrogens is 3. The molecule has 5 rings (SSSR count). The number of hydrogen-bond donors (Lipinski definition) is 0. The maximum Gasteiger partial charge on any atom is 0.409 e. The fourth-order valence-electron chi connectivity index (χ4n) is 4.94. The Morgan fingerprint density at radius 1 is 1.08 bits per heavy atom. The van der Waals surface area contributed by atoms with E-state index in [9.17, 15) is 18.0 Å². The highest BCUT2D eigenvalue weighted by Gasteiger charge is 2.33. The predicted octanol–water partition coefficient (Wildman–Crippen LogP) is 2.68. The molecule has 1 unspecified atom stereocenters. The smallest absolute Gasteiger partial charge is 0.409 e. The van der Waals surface area contributed by atoms with Gasteiger partial charge in [-0.15, -0.1) is 0 Å². The van der Waals surface area contributed by atoms with Crippen molar-refractivity contribution in [1.29, 1.82) is 0 Å². The van der Waals surface area contributed by atoms with E-state index in [1.54, 1.807) is 27.5 Å². The summed E-state index contributed by atoms with van der Waals surface area (Å²) in [6, 6.07) is 11.0. The average molecular weight is 512 g/mol. The Balaban J connectivity index is 1.55. The summed E-state index contributed by atoms with van der Waals surface area (Å²) in [4.78, 5) is 34.1. The quantitative estimate of drug-likeness (QED) is 0.529. The van der Waals surface area contributed by atoms with Crippen LogP contribution in [0.5, 0.6) is 0 Å². The number of carbonyl (C=O) groups excluding carboxylic acids is 2. The van der Waals surface area contributed by atoms with Crippen LogP contribution in [0.15, 0.2) is 36.4 Å². The Morgan fingerprint density at radius 3 is 2.42 bits per heavy atom. The van der Waals surface area contributed by atoms with Gasteiger partial charge in [0.1, 0.15) is 0 Å². The number of nitrogens with zero attached hydrogens (tertiary/aromatic N) is 5. The number of amides is 2. The van der Waals surface area contributed by atoms with Gasteiger partial charge in [0.25, 0.3) is 5.91 Å². The Kier molecular flexibility index (Phi) is 6.42. The second-order valence-electron chi connectivity index (χ2n) is 9.18. The highest BCUT2D eigenvalue weighted by atomic mass is 32.2. The first-order valence-corrected chi connectivity index (χ1v) is 14.0. The molecule has 4 heterocycles. The lowest BCUT2D eigenvalue weighted by Gasteiger charge is -2.34. The van der Waals surface area contributed by atoms with E-state index < -0.39 is 9.84 Å². The van der Waals surface area contributed by atoms with Crippen molar-refractivity contribution >= 4 is 32.9 Å². The van der Waals surface area contributed by atoms with E-state index in [4.69, 9.17) is 9.72 Å². The number of pyridine rings is 1. The van der Waals surface area contributed by atoms with Gasteiger partial charge in [-0.1, -0.05) is 30.3 Å². The Bertz CT molecular complexity index is 1410. The van der Waals surface area contributed by atoms with Crippen LogP contribution in [0.25, 0.3) is 22.3 Å². The van der Waals surface area contributed by atoms with Crippen LogP contribution in [0.3, 0.4) is 0 Å². The molecule has 11 heteroatoms. The second kappa shape index (κ2) is 9.53. The van der Waals surface area contributed by atoms with Crippen LogP contribution in [0.4, 0.5) is 4.79 Å². The third-order valence-electron chi connectivity index (χ3n) is 6.78. The molecule has 0 aliphatic carbocycles. The van der Waals surface area contributed by atoms with Crippen molar-refractivity contribution in [3.05, 3.63) is 47.7 Å². The number of fused-ring (bicyclic) bond motifs is 1. The zero-order valence-corrected chi connectivity index (χ0v) is 21.2. The van der Waals surface area contributed by atoms with Crippen LogP contribution in [-0.4, -0.2) is 89.3 Å². The largest absolute Gasteiger partial charge is 0.450 e. The summed E-state index contributed by atoms with van der Waals surface area (Å²) < 4.78 is 31.1. The maximum absolute atomic E-state index is 13.8. The van der Waals surface area contributed by atoms with Gasteiger partial charge in [0, 0.05) is 31.7 Å². The molecule has 0 bridgehead atoms. The lowest BCUT2D eigenvalue weighted by atomic mass is 10.0. The van der Waals surface area contributed by atoms with Gasteiger partial charge < -0.3 is 14.5 Å². The molecule has 2 aromatic heterocycles. The molecule has 10 nitrogen and oxygen atoms in total. The monoisotopic (exact) mass is 511 g/mol. The maximum atomic E-state index is 13.8. The summed E-state index contributed by atoms with van der Waals surface area (Å²) in [6.07, 6.45) is 0.0976. The van der Waals surface area contributed by atoms with Crippen LogP contribution in [0.2, 0.25) is 0 Å². The highest BCUT2D eigenvalue weighted by molar-refractivity contribution is 7.91. The molecule has 36 heavy (non-hydrogen) atoms. The third kappa shape index (κ3) is 4.55. The fourth-order valence-corrected chi connectivity index (χ4v) is 6.63. The average Bonchev–Trinajstić information content (AvgIpc) is 3.42. The van der Waals surface area contributed by atoms with Crippen molar-refractivity contribution < 1.29 is 22.7 Å². The van der Waals surface area contributed by atoms with Gasteiger partial charge in [-0.2, -0.15) is 5.10 Å². The van der Waals surface area contributed by atoms with Gasteiger partial charge in [0.15, 0.2) is 15.5 Å². The Labute approximate surface area is 209 Å². The Hall–Kier alpha value is -3.47. The van der Waals surface area contributed by atoms with Crippen molar-refractivity contribution in [2.75, 3.05) is 44.3 Å². The van der Waals surface area contributed by atoms with Crippen molar-refractivity contribution in [3.8, 4) is 11.3 Å². The molecule has 2 aliphatic heterocycles. The van der Waals surface area contributed by atoms with E-state index in [0.29, 0.717) is 67.2 Å². The number of hydrogen-bond acceptors (Lipinski definition) is 7. The molecule has 2 amide bonds. The SMILES string of the molecule is CCOC(=O)N1CCN(C(=O)c2cc(-c3ccccc3)nc3c2c(C)nn3C2CCS(=O)(=O)C2)CC1. The van der Waals surface area contributed by atoms with E-state index in [1.807, 2.05) is 37.3 Å². The number of piperazine rings is 1. The molecule has 0 N–H and O–H groups in total. The summed E-state index contributed by atoms with van der Waals surface area (Å²) in [6.45, 7) is 5.44. The molecule has 0 saturated carbocycles. The topological polar surface area (TPSA) is 115 Å².